The Morgan fingerprint density at radius 1 is 1.19 bits per heavy atom. The summed E-state index contributed by atoms with van der Waals surface area (Å²) in [4.78, 5) is 28.0. The maximum absolute atomic E-state index is 11.3. The lowest BCUT2D eigenvalue weighted by atomic mass is 10.0. The third-order valence-electron chi connectivity index (χ3n) is 4.42. The van der Waals surface area contributed by atoms with Gasteiger partial charge in [0.15, 0.2) is 0 Å². The van der Waals surface area contributed by atoms with E-state index in [2.05, 4.69) is 22.4 Å². The van der Waals surface area contributed by atoms with Crippen LogP contribution >= 0.6 is 11.8 Å². The molecule has 0 fully saturated rings. The smallest absolute Gasteiger partial charge is 0.404 e. The number of primary amides is 1. The van der Waals surface area contributed by atoms with Crippen LogP contribution in [0.1, 0.15) is 34.7 Å². The molecular formula is C21H22N6O3S. The summed E-state index contributed by atoms with van der Waals surface area (Å²) in [6, 6.07) is 11.7. The van der Waals surface area contributed by atoms with Crippen molar-refractivity contribution in [2.75, 3.05) is 18.5 Å². The first-order valence-electron chi connectivity index (χ1n) is 9.34. The molecular weight excluding hydrogens is 416 g/mol. The molecule has 0 aliphatic rings. The lowest BCUT2D eigenvalue weighted by Crippen LogP contribution is -2.32. The van der Waals surface area contributed by atoms with Gasteiger partial charge in [0, 0.05) is 19.3 Å². The highest BCUT2D eigenvalue weighted by molar-refractivity contribution is 7.98. The molecule has 1 heterocycles. The molecule has 2 rings (SSSR count). The van der Waals surface area contributed by atoms with Crippen LogP contribution in [0.15, 0.2) is 29.3 Å². The molecule has 4 N–H and O–H groups in total. The van der Waals surface area contributed by atoms with E-state index < -0.39 is 12.0 Å². The number of benzene rings is 1. The third kappa shape index (κ3) is 6.11. The number of carbonyl (C=O) groups excluding carboxylic acids is 1. The zero-order valence-corrected chi connectivity index (χ0v) is 18.0. The molecule has 0 atom stereocenters. The van der Waals surface area contributed by atoms with Gasteiger partial charge in [-0.3, -0.25) is 4.79 Å². The largest absolute Gasteiger partial charge is 0.465 e. The van der Waals surface area contributed by atoms with E-state index in [1.165, 1.54) is 16.7 Å². The minimum Gasteiger partial charge on any atom is -0.465 e. The first-order valence-corrected chi connectivity index (χ1v) is 10.3. The van der Waals surface area contributed by atoms with Gasteiger partial charge in [0.2, 0.25) is 5.91 Å². The molecule has 31 heavy (non-hydrogen) atoms. The van der Waals surface area contributed by atoms with Gasteiger partial charge in [-0.2, -0.15) is 10.5 Å². The molecule has 0 spiro atoms. The average molecular weight is 439 g/mol. The number of amides is 2. The van der Waals surface area contributed by atoms with Crippen LogP contribution in [0.5, 0.6) is 0 Å². The first-order chi connectivity index (χ1) is 14.8. The Hall–Kier alpha value is -3.76. The monoisotopic (exact) mass is 438 g/mol. The van der Waals surface area contributed by atoms with E-state index in [9.17, 15) is 20.1 Å². The van der Waals surface area contributed by atoms with E-state index in [4.69, 9.17) is 10.8 Å². The van der Waals surface area contributed by atoms with Crippen molar-refractivity contribution in [3.63, 3.8) is 0 Å². The van der Waals surface area contributed by atoms with Crippen LogP contribution in [0, 0.1) is 22.7 Å². The van der Waals surface area contributed by atoms with Crippen LogP contribution in [0.25, 0.3) is 0 Å². The van der Waals surface area contributed by atoms with E-state index in [0.717, 1.165) is 11.1 Å². The van der Waals surface area contributed by atoms with E-state index in [0.29, 0.717) is 34.1 Å². The summed E-state index contributed by atoms with van der Waals surface area (Å²) in [5, 5.41) is 30.8. The molecule has 1 aromatic carbocycles. The molecule has 0 aliphatic carbocycles. The van der Waals surface area contributed by atoms with E-state index >= 15 is 0 Å². The molecule has 1 aromatic heterocycles. The van der Waals surface area contributed by atoms with Gasteiger partial charge < -0.3 is 21.1 Å². The van der Waals surface area contributed by atoms with Crippen molar-refractivity contribution >= 4 is 29.6 Å². The maximum atomic E-state index is 11.3. The molecule has 160 valence electrons. The minimum atomic E-state index is -1.08. The molecule has 0 aliphatic heterocycles. The van der Waals surface area contributed by atoms with Crippen LogP contribution in [0.3, 0.4) is 0 Å². The minimum absolute atomic E-state index is 0.104. The second-order valence-electron chi connectivity index (χ2n) is 6.63. The number of nitrogens with zero attached hydrogens (tertiary/aromatic N) is 4. The zero-order valence-electron chi connectivity index (χ0n) is 17.2. The number of anilines is 1. The predicted molar refractivity (Wildman–Crippen MR) is 116 cm³/mol. The average Bonchev–Trinajstić information content (AvgIpc) is 2.74. The van der Waals surface area contributed by atoms with E-state index in [1.54, 1.807) is 7.05 Å². The predicted octanol–water partition coefficient (Wildman–Crippen LogP) is 2.37. The van der Waals surface area contributed by atoms with Crippen LogP contribution in [-0.2, 0) is 23.5 Å². The number of nitrogens with two attached hydrogens (primary N) is 1. The normalized spacial score (nSPS) is 10.1. The number of carboxylic acid groups (broad SMARTS) is 1. The molecule has 9 nitrogen and oxygen atoms in total. The highest BCUT2D eigenvalue weighted by Gasteiger charge is 2.22. The number of pyridine rings is 1. The van der Waals surface area contributed by atoms with Gasteiger partial charge in [-0.15, -0.1) is 11.8 Å². The Balaban J connectivity index is 2.33. The first kappa shape index (κ1) is 23.5. The molecule has 0 saturated heterocycles. The number of likely N-dealkylation sites (N-methyl/N-ethyl adjacent to an activating group) is 1. The summed E-state index contributed by atoms with van der Waals surface area (Å²) in [6.45, 7) is 1.97. The number of hydrogen-bond acceptors (Lipinski definition) is 7. The Bertz CT molecular complexity index is 1060. The summed E-state index contributed by atoms with van der Waals surface area (Å²) in [7, 11) is 1.62. The molecule has 0 unspecified atom stereocenters. The third-order valence-corrected chi connectivity index (χ3v) is 5.47. The van der Waals surface area contributed by atoms with Crippen molar-refractivity contribution < 1.29 is 14.7 Å². The van der Waals surface area contributed by atoms with Crippen molar-refractivity contribution in [3.05, 3.63) is 52.1 Å². The summed E-state index contributed by atoms with van der Waals surface area (Å²) in [5.41, 5.74) is 8.28. The summed E-state index contributed by atoms with van der Waals surface area (Å²) >= 11 is 1.35. The lowest BCUT2D eigenvalue weighted by Gasteiger charge is -2.21. The van der Waals surface area contributed by atoms with Gasteiger partial charge in [-0.05, 0) is 23.1 Å². The fourth-order valence-electron chi connectivity index (χ4n) is 2.96. The van der Waals surface area contributed by atoms with Gasteiger partial charge >= 0.3 is 6.09 Å². The molecule has 0 saturated carbocycles. The SMILES string of the molecule is CCc1c(C#N)c(SCc2ccc(CNC(=O)O)cc2)nc(N(C)CC(N)=O)c1C#N. The Kier molecular flexibility index (Phi) is 8.24. The molecule has 0 bridgehead atoms. The van der Waals surface area contributed by atoms with Crippen molar-refractivity contribution in [2.24, 2.45) is 5.73 Å². The number of nitrogens with one attached hydrogen (secondary N) is 1. The lowest BCUT2D eigenvalue weighted by molar-refractivity contribution is -0.116. The number of thioether (sulfide) groups is 1. The highest BCUT2D eigenvalue weighted by atomic mass is 32.2. The quantitative estimate of drug-likeness (QED) is 0.504. The Morgan fingerprint density at radius 3 is 2.32 bits per heavy atom. The zero-order chi connectivity index (χ0) is 23.0. The van der Waals surface area contributed by atoms with E-state index in [-0.39, 0.29) is 18.7 Å². The number of aromatic nitrogens is 1. The second kappa shape index (κ2) is 10.9. The number of rotatable bonds is 9. The summed E-state index contributed by atoms with van der Waals surface area (Å²) in [6.07, 6.45) is -0.621. The Labute approximate surface area is 184 Å². The summed E-state index contributed by atoms with van der Waals surface area (Å²) in [5.74, 6) is 0.277. The molecule has 0 radical (unpaired) electrons. The van der Waals surface area contributed by atoms with Crippen LogP contribution in [-0.4, -0.2) is 35.7 Å². The maximum Gasteiger partial charge on any atom is 0.404 e. The second-order valence-corrected chi connectivity index (χ2v) is 7.60. The molecule has 2 aromatic rings. The van der Waals surface area contributed by atoms with Crippen LogP contribution in [0.2, 0.25) is 0 Å². The fourth-order valence-corrected chi connectivity index (χ4v) is 3.92. The summed E-state index contributed by atoms with van der Waals surface area (Å²) < 4.78 is 0. The molecule has 2 amide bonds. The number of hydrogen-bond donors (Lipinski definition) is 3. The van der Waals surface area contributed by atoms with E-state index in [1.807, 2.05) is 31.2 Å². The van der Waals surface area contributed by atoms with Gasteiger partial charge in [0.1, 0.15) is 23.0 Å². The van der Waals surface area contributed by atoms with Crippen LogP contribution < -0.4 is 16.0 Å². The number of carbonyl (C=O) groups is 2. The molecule has 10 heteroatoms. The van der Waals surface area contributed by atoms with Crippen molar-refractivity contribution in [1.82, 2.24) is 10.3 Å². The Morgan fingerprint density at radius 2 is 1.81 bits per heavy atom. The standard InChI is InChI=1S/C21H22N6O3S/c1-3-15-16(8-22)19(27(2)11-18(24)28)26-20(17(15)9-23)31-12-14-6-4-13(5-7-14)10-25-21(29)30/h4-7,25H,3,10-12H2,1-2H3,(H2,24,28)(H,29,30). The van der Waals surface area contributed by atoms with Crippen molar-refractivity contribution in [3.8, 4) is 12.1 Å². The fraction of sp³-hybridized carbons (Fsp3) is 0.286. The van der Waals surface area contributed by atoms with Crippen molar-refractivity contribution in [1.29, 1.82) is 10.5 Å². The van der Waals surface area contributed by atoms with Gasteiger partial charge in [0.05, 0.1) is 17.7 Å². The van der Waals surface area contributed by atoms with Gasteiger partial charge in [0.25, 0.3) is 0 Å². The number of nitriles is 2. The van der Waals surface area contributed by atoms with Crippen molar-refractivity contribution in [2.45, 2.75) is 30.7 Å². The van der Waals surface area contributed by atoms with Gasteiger partial charge in [-0.1, -0.05) is 31.2 Å². The topological polar surface area (TPSA) is 156 Å². The highest BCUT2D eigenvalue weighted by Crippen LogP contribution is 2.33. The van der Waals surface area contributed by atoms with Gasteiger partial charge in [-0.25, -0.2) is 9.78 Å². The van der Waals surface area contributed by atoms with Crippen LogP contribution in [0.4, 0.5) is 10.6 Å².